The third-order valence-electron chi connectivity index (χ3n) is 4.70. The summed E-state index contributed by atoms with van der Waals surface area (Å²) in [6.07, 6.45) is -0.145. The van der Waals surface area contributed by atoms with Gasteiger partial charge in [0.15, 0.2) is 0 Å². The molecule has 0 bridgehead atoms. The predicted octanol–water partition coefficient (Wildman–Crippen LogP) is 5.10. The van der Waals surface area contributed by atoms with Crippen molar-refractivity contribution in [3.8, 4) is 0 Å². The lowest BCUT2D eigenvalue weighted by Crippen LogP contribution is -2.49. The van der Waals surface area contributed by atoms with Gasteiger partial charge in [-0.25, -0.2) is 4.79 Å². The number of benzene rings is 2. The largest absolute Gasteiger partial charge is 0.445 e. The van der Waals surface area contributed by atoms with E-state index in [1.165, 1.54) is 0 Å². The number of thioether (sulfide) groups is 1. The van der Waals surface area contributed by atoms with Crippen molar-refractivity contribution in [2.45, 2.75) is 57.8 Å². The second-order valence-corrected chi connectivity index (χ2v) is 8.27. The number of aliphatic hydroxyl groups is 1. The van der Waals surface area contributed by atoms with Crippen LogP contribution in [0.15, 0.2) is 65.6 Å². The van der Waals surface area contributed by atoms with E-state index < -0.39 is 18.2 Å². The Balaban J connectivity index is 0.00000233. The molecule has 0 aromatic heterocycles. The van der Waals surface area contributed by atoms with E-state index in [0.29, 0.717) is 18.2 Å². The average Bonchev–Trinajstić information content (AvgIpc) is 2.82. The van der Waals surface area contributed by atoms with E-state index in [9.17, 15) is 9.90 Å². The van der Waals surface area contributed by atoms with Gasteiger partial charge in [-0.2, -0.15) is 0 Å². The Hall–Kier alpha value is -2.02. The van der Waals surface area contributed by atoms with Crippen LogP contribution in [-0.4, -0.2) is 42.2 Å². The maximum absolute atomic E-state index is 12.3. The Morgan fingerprint density at radius 3 is 2.26 bits per heavy atom. The number of aliphatic hydroxyl groups excluding tert-OH is 1. The van der Waals surface area contributed by atoms with E-state index in [1.54, 1.807) is 11.8 Å². The van der Waals surface area contributed by atoms with E-state index >= 15 is 0 Å². The van der Waals surface area contributed by atoms with Crippen molar-refractivity contribution in [1.29, 1.82) is 0 Å². The van der Waals surface area contributed by atoms with E-state index in [0.717, 1.165) is 23.4 Å². The summed E-state index contributed by atoms with van der Waals surface area (Å²) in [7, 11) is 0. The quantitative estimate of drug-likeness (QED) is 0.396. The summed E-state index contributed by atoms with van der Waals surface area (Å²) in [6.45, 7) is 9.77. The molecule has 1 amide bonds. The van der Waals surface area contributed by atoms with Gasteiger partial charge in [-0.3, -0.25) is 0 Å². The molecule has 3 unspecified atom stereocenters. The van der Waals surface area contributed by atoms with Gasteiger partial charge in [0.05, 0.1) is 12.1 Å². The average molecular weight is 447 g/mol. The van der Waals surface area contributed by atoms with Gasteiger partial charge < -0.3 is 20.5 Å². The van der Waals surface area contributed by atoms with Crippen LogP contribution in [0.4, 0.5) is 4.79 Å². The Morgan fingerprint density at radius 2 is 1.65 bits per heavy atom. The van der Waals surface area contributed by atoms with Crippen molar-refractivity contribution < 1.29 is 14.6 Å². The molecule has 2 rings (SSSR count). The monoisotopic (exact) mass is 446 g/mol. The van der Waals surface area contributed by atoms with Gasteiger partial charge in [-0.15, -0.1) is 11.8 Å². The summed E-state index contributed by atoms with van der Waals surface area (Å²) < 4.78 is 5.33. The highest BCUT2D eigenvalue weighted by Crippen LogP contribution is 2.19. The number of ether oxygens (including phenoxy) is 1. The standard InChI is InChI=1S/C23H32N2O3S.C2H6/c1-3-18(2)14-24-15-22(26)21(17-29-20-12-8-5-9-13-20)25-23(27)28-16-19-10-6-4-7-11-19;1-2/h4-13,18,21-22,24,26H,3,14-17H2,1-2H3,(H,25,27);1-2H3. The first-order valence-corrected chi connectivity index (χ1v) is 12.1. The minimum absolute atomic E-state index is 0.202. The number of nitrogens with one attached hydrogen (secondary N) is 2. The molecule has 0 radical (unpaired) electrons. The zero-order chi connectivity index (χ0) is 22.9. The molecule has 0 heterocycles. The molecule has 3 N–H and O–H groups in total. The second kappa shape index (κ2) is 16.6. The van der Waals surface area contributed by atoms with Crippen LogP contribution in [0.3, 0.4) is 0 Å². The third kappa shape index (κ3) is 11.8. The predicted molar refractivity (Wildman–Crippen MR) is 130 cm³/mol. The topological polar surface area (TPSA) is 70.6 Å². The van der Waals surface area contributed by atoms with Crippen molar-refractivity contribution in [1.82, 2.24) is 10.6 Å². The molecule has 0 saturated carbocycles. The number of amides is 1. The lowest BCUT2D eigenvalue weighted by molar-refractivity contribution is 0.106. The molecule has 2 aromatic rings. The lowest BCUT2D eigenvalue weighted by Gasteiger charge is -2.24. The van der Waals surface area contributed by atoms with E-state index in [4.69, 9.17) is 4.74 Å². The smallest absolute Gasteiger partial charge is 0.407 e. The van der Waals surface area contributed by atoms with Gasteiger partial charge in [-0.1, -0.05) is 82.6 Å². The molecule has 0 saturated heterocycles. The fourth-order valence-electron chi connectivity index (χ4n) is 2.63. The first-order valence-electron chi connectivity index (χ1n) is 11.1. The number of carbonyl (C=O) groups is 1. The highest BCUT2D eigenvalue weighted by atomic mass is 32.2. The van der Waals surface area contributed by atoms with Gasteiger partial charge in [0.25, 0.3) is 0 Å². The highest BCUT2D eigenvalue weighted by Gasteiger charge is 2.22. The molecule has 172 valence electrons. The molecular formula is C25H38N2O3S. The van der Waals surface area contributed by atoms with Crippen molar-refractivity contribution in [2.75, 3.05) is 18.8 Å². The molecule has 6 heteroatoms. The fourth-order valence-corrected chi connectivity index (χ4v) is 3.66. The SMILES string of the molecule is CC.CCC(C)CNCC(O)C(CSc1ccccc1)NC(=O)OCc1ccccc1. The summed E-state index contributed by atoms with van der Waals surface area (Å²) in [4.78, 5) is 13.4. The van der Waals surface area contributed by atoms with Crippen LogP contribution in [0.5, 0.6) is 0 Å². The Morgan fingerprint density at radius 1 is 1.03 bits per heavy atom. The minimum atomic E-state index is -0.709. The molecule has 5 nitrogen and oxygen atoms in total. The molecule has 0 aliphatic rings. The summed E-state index contributed by atoms with van der Waals surface area (Å²) in [5, 5.41) is 16.8. The fraction of sp³-hybridized carbons (Fsp3) is 0.480. The first-order chi connectivity index (χ1) is 15.1. The Labute approximate surface area is 192 Å². The molecule has 31 heavy (non-hydrogen) atoms. The number of carbonyl (C=O) groups excluding carboxylic acids is 1. The maximum Gasteiger partial charge on any atom is 0.407 e. The van der Waals surface area contributed by atoms with Crippen LogP contribution in [-0.2, 0) is 11.3 Å². The van der Waals surface area contributed by atoms with Gasteiger partial charge in [-0.05, 0) is 30.2 Å². The van der Waals surface area contributed by atoms with Gasteiger partial charge in [0, 0.05) is 17.2 Å². The van der Waals surface area contributed by atoms with Crippen LogP contribution in [0.25, 0.3) is 0 Å². The molecule has 0 aliphatic carbocycles. The zero-order valence-electron chi connectivity index (χ0n) is 19.2. The van der Waals surface area contributed by atoms with Crippen LogP contribution < -0.4 is 10.6 Å². The molecule has 0 fully saturated rings. The second-order valence-electron chi connectivity index (χ2n) is 7.18. The van der Waals surface area contributed by atoms with Crippen molar-refractivity contribution >= 4 is 17.9 Å². The van der Waals surface area contributed by atoms with Gasteiger partial charge >= 0.3 is 6.09 Å². The van der Waals surface area contributed by atoms with Gasteiger partial charge in [0.1, 0.15) is 6.61 Å². The third-order valence-corrected chi connectivity index (χ3v) is 5.83. The normalized spacial score (nSPS) is 13.3. The van der Waals surface area contributed by atoms with E-state index in [-0.39, 0.29) is 6.61 Å². The number of alkyl carbamates (subject to hydrolysis) is 1. The first kappa shape index (κ1) is 27.0. The van der Waals surface area contributed by atoms with Crippen LogP contribution in [0.1, 0.15) is 39.7 Å². The van der Waals surface area contributed by atoms with Crippen LogP contribution in [0, 0.1) is 5.92 Å². The summed E-state index contributed by atoms with van der Waals surface area (Å²) in [6, 6.07) is 19.1. The summed E-state index contributed by atoms with van der Waals surface area (Å²) in [5.74, 6) is 1.10. The minimum Gasteiger partial charge on any atom is -0.445 e. The number of hydrogen-bond acceptors (Lipinski definition) is 5. The van der Waals surface area contributed by atoms with Crippen molar-refractivity contribution in [2.24, 2.45) is 5.92 Å². The molecule has 0 aliphatic heterocycles. The molecule has 0 spiro atoms. The number of hydrogen-bond donors (Lipinski definition) is 3. The van der Waals surface area contributed by atoms with E-state index in [2.05, 4.69) is 24.5 Å². The zero-order valence-corrected chi connectivity index (χ0v) is 20.0. The Kier molecular flexibility index (Phi) is 14.5. The molecule has 3 atom stereocenters. The van der Waals surface area contributed by atoms with E-state index in [1.807, 2.05) is 74.5 Å². The number of rotatable bonds is 12. The molecule has 2 aromatic carbocycles. The van der Waals surface area contributed by atoms with Crippen LogP contribution >= 0.6 is 11.8 Å². The van der Waals surface area contributed by atoms with Gasteiger partial charge in [0.2, 0.25) is 0 Å². The van der Waals surface area contributed by atoms with Crippen molar-refractivity contribution in [3.05, 3.63) is 66.2 Å². The maximum atomic E-state index is 12.3. The lowest BCUT2D eigenvalue weighted by atomic mass is 10.1. The summed E-state index contributed by atoms with van der Waals surface area (Å²) in [5.41, 5.74) is 0.925. The van der Waals surface area contributed by atoms with Crippen molar-refractivity contribution in [3.63, 3.8) is 0 Å². The summed E-state index contributed by atoms with van der Waals surface area (Å²) >= 11 is 1.60. The highest BCUT2D eigenvalue weighted by molar-refractivity contribution is 7.99. The van der Waals surface area contributed by atoms with Crippen LogP contribution in [0.2, 0.25) is 0 Å². The molecular weight excluding hydrogens is 408 g/mol. The Bertz CT molecular complexity index is 700.